The number of fused-ring (bicyclic) bond motifs is 1. The van der Waals surface area contributed by atoms with E-state index in [1.54, 1.807) is 7.05 Å². The fraction of sp³-hybridized carbons (Fsp3) is 0.478. The van der Waals surface area contributed by atoms with Crippen LogP contribution in [-0.4, -0.2) is 45.7 Å². The molecule has 2 unspecified atom stereocenters. The molecule has 9 heteroatoms. The first-order valence-electron chi connectivity index (χ1n) is 10.9. The van der Waals surface area contributed by atoms with E-state index in [2.05, 4.69) is 5.32 Å². The average molecular weight is 459 g/mol. The monoisotopic (exact) mass is 458 g/mol. The highest BCUT2D eigenvalue weighted by Crippen LogP contribution is 2.51. The van der Waals surface area contributed by atoms with E-state index in [0.717, 1.165) is 29.5 Å². The van der Waals surface area contributed by atoms with Gasteiger partial charge in [0.1, 0.15) is 17.8 Å². The Morgan fingerprint density at radius 2 is 1.94 bits per heavy atom. The Balaban J connectivity index is 1.83. The third-order valence-electron chi connectivity index (χ3n) is 6.05. The van der Waals surface area contributed by atoms with Gasteiger partial charge in [-0.15, -0.1) is 0 Å². The molecule has 0 saturated heterocycles. The predicted octanol–water partition coefficient (Wildman–Crippen LogP) is 2.35. The number of carbonyl (C=O) groups is 1. The minimum atomic E-state index is -3.56. The molecular weight excluding hydrogens is 428 g/mol. The normalized spacial score (nSPS) is 19.9. The molecule has 2 heterocycles. The molecule has 1 fully saturated rings. The van der Waals surface area contributed by atoms with Crippen molar-refractivity contribution in [3.63, 3.8) is 0 Å². The fourth-order valence-electron chi connectivity index (χ4n) is 4.20. The Bertz CT molecular complexity index is 1110. The summed E-state index contributed by atoms with van der Waals surface area (Å²) in [6.45, 7) is 2.63. The van der Waals surface area contributed by atoms with E-state index in [1.165, 1.54) is 10.6 Å². The quantitative estimate of drug-likeness (QED) is 0.628. The number of benzene rings is 1. The first kappa shape index (κ1) is 22.5. The van der Waals surface area contributed by atoms with Gasteiger partial charge >= 0.3 is 0 Å². The average Bonchev–Trinajstić information content (AvgIpc) is 3.53. The zero-order valence-electron chi connectivity index (χ0n) is 18.7. The van der Waals surface area contributed by atoms with Gasteiger partial charge in [0.25, 0.3) is 0 Å². The lowest BCUT2D eigenvalue weighted by atomic mass is 9.89. The molecule has 2 aliphatic rings. The molecule has 2 aromatic rings. The van der Waals surface area contributed by atoms with Crippen molar-refractivity contribution in [3.8, 4) is 5.88 Å². The molecule has 4 rings (SSSR count). The first-order chi connectivity index (χ1) is 15.2. The molecular formula is C23H30N4O4S. The van der Waals surface area contributed by atoms with Gasteiger partial charge in [0.2, 0.25) is 21.8 Å². The number of aryl methyl sites for hydroxylation is 1. The maximum atomic E-state index is 12.9. The second kappa shape index (κ2) is 8.71. The SMILES string of the molecule is CNC(=O)C1c2cc(C3CC3)c(N(CCCN)S(C)(=O)=O)nc2OC1c1ccc(C)cc1. The Hall–Kier alpha value is -2.65. The van der Waals surface area contributed by atoms with Crippen LogP contribution >= 0.6 is 0 Å². The van der Waals surface area contributed by atoms with Crippen LogP contribution in [-0.2, 0) is 14.8 Å². The lowest BCUT2D eigenvalue weighted by molar-refractivity contribution is -0.123. The number of hydrogen-bond donors (Lipinski definition) is 2. The van der Waals surface area contributed by atoms with Crippen LogP contribution in [0.5, 0.6) is 5.88 Å². The van der Waals surface area contributed by atoms with Gasteiger partial charge in [0, 0.05) is 19.2 Å². The van der Waals surface area contributed by atoms with E-state index >= 15 is 0 Å². The van der Waals surface area contributed by atoms with Gasteiger partial charge in [-0.2, -0.15) is 4.98 Å². The van der Waals surface area contributed by atoms with Gasteiger partial charge in [0.15, 0.2) is 0 Å². The molecule has 1 aliphatic heterocycles. The van der Waals surface area contributed by atoms with Gasteiger partial charge in [-0.1, -0.05) is 29.8 Å². The van der Waals surface area contributed by atoms with Crippen molar-refractivity contribution in [2.24, 2.45) is 5.73 Å². The summed E-state index contributed by atoms with van der Waals surface area (Å²) in [7, 11) is -1.95. The first-order valence-corrected chi connectivity index (χ1v) is 12.8. The number of hydrogen-bond acceptors (Lipinski definition) is 6. The van der Waals surface area contributed by atoms with Crippen molar-refractivity contribution in [2.75, 3.05) is 30.7 Å². The third kappa shape index (κ3) is 4.31. The van der Waals surface area contributed by atoms with Crippen molar-refractivity contribution in [1.29, 1.82) is 0 Å². The summed E-state index contributed by atoms with van der Waals surface area (Å²) in [5, 5.41) is 2.75. The molecule has 32 heavy (non-hydrogen) atoms. The lowest BCUT2D eigenvalue weighted by Crippen LogP contribution is -2.33. The molecule has 1 amide bonds. The number of nitrogens with zero attached hydrogens (tertiary/aromatic N) is 2. The summed E-state index contributed by atoms with van der Waals surface area (Å²) in [5.41, 5.74) is 9.19. The van der Waals surface area contributed by atoms with Crippen molar-refractivity contribution >= 4 is 21.7 Å². The van der Waals surface area contributed by atoms with Gasteiger partial charge in [0.05, 0.1) is 6.26 Å². The van der Waals surface area contributed by atoms with Crippen LogP contribution in [0.25, 0.3) is 0 Å². The van der Waals surface area contributed by atoms with Crippen molar-refractivity contribution in [1.82, 2.24) is 10.3 Å². The number of aromatic nitrogens is 1. The second-order valence-corrected chi connectivity index (χ2v) is 10.5. The van der Waals surface area contributed by atoms with Gasteiger partial charge in [-0.25, -0.2) is 8.42 Å². The van der Waals surface area contributed by atoms with Crippen molar-refractivity contribution in [2.45, 2.75) is 44.1 Å². The van der Waals surface area contributed by atoms with Crippen LogP contribution in [0.1, 0.15) is 59.5 Å². The van der Waals surface area contributed by atoms with Crippen LogP contribution < -0.4 is 20.1 Å². The van der Waals surface area contributed by atoms with Crippen LogP contribution in [0.2, 0.25) is 0 Å². The summed E-state index contributed by atoms with van der Waals surface area (Å²) >= 11 is 0. The third-order valence-corrected chi connectivity index (χ3v) is 7.21. The van der Waals surface area contributed by atoms with Gasteiger partial charge in [-0.05, 0) is 55.8 Å². The molecule has 172 valence electrons. The number of nitrogens with two attached hydrogens (primary N) is 1. The number of rotatable bonds is 8. The Kier molecular flexibility index (Phi) is 6.13. The van der Waals surface area contributed by atoms with E-state index in [9.17, 15) is 13.2 Å². The summed E-state index contributed by atoms with van der Waals surface area (Å²) in [6.07, 6.45) is 3.10. The van der Waals surface area contributed by atoms with E-state index in [1.807, 2.05) is 37.3 Å². The molecule has 0 radical (unpaired) electrons. The van der Waals surface area contributed by atoms with Crippen LogP contribution in [0.15, 0.2) is 30.3 Å². The number of carbonyl (C=O) groups excluding carboxylic acids is 1. The smallest absolute Gasteiger partial charge is 0.233 e. The molecule has 1 aliphatic carbocycles. The topological polar surface area (TPSA) is 115 Å². The van der Waals surface area contributed by atoms with Gasteiger partial charge < -0.3 is 15.8 Å². The highest BCUT2D eigenvalue weighted by molar-refractivity contribution is 7.92. The highest BCUT2D eigenvalue weighted by atomic mass is 32.2. The molecule has 0 bridgehead atoms. The Morgan fingerprint density at radius 1 is 1.25 bits per heavy atom. The van der Waals surface area contributed by atoms with Crippen molar-refractivity contribution < 1.29 is 17.9 Å². The summed E-state index contributed by atoms with van der Waals surface area (Å²) in [5.74, 6) is 0.210. The number of ether oxygens (including phenoxy) is 1. The number of amides is 1. The Morgan fingerprint density at radius 3 is 2.50 bits per heavy atom. The second-order valence-electron chi connectivity index (χ2n) is 8.59. The molecule has 1 aromatic heterocycles. The van der Waals surface area contributed by atoms with Crippen molar-refractivity contribution in [3.05, 3.63) is 52.6 Å². The van der Waals surface area contributed by atoms with Gasteiger partial charge in [-0.3, -0.25) is 9.10 Å². The standard InChI is InChI=1S/C23H30N4O4S/c1-14-5-7-16(8-6-14)20-19(22(28)25-2)18-13-17(15-9-10-15)21(26-23(18)31-20)27(12-4-11-24)32(3,29)30/h5-8,13,15,19-20H,4,9-12,24H2,1-3H3,(H,25,28). The summed E-state index contributed by atoms with van der Waals surface area (Å²) in [4.78, 5) is 17.6. The highest BCUT2D eigenvalue weighted by Gasteiger charge is 2.44. The molecule has 0 spiro atoms. The van der Waals surface area contributed by atoms with Crippen LogP contribution in [0.4, 0.5) is 5.82 Å². The molecule has 8 nitrogen and oxygen atoms in total. The number of anilines is 1. The minimum absolute atomic E-state index is 0.159. The number of likely N-dealkylation sites (N-methyl/N-ethyl adjacent to an activating group) is 1. The maximum Gasteiger partial charge on any atom is 0.233 e. The Labute approximate surface area is 189 Å². The number of pyridine rings is 1. The largest absolute Gasteiger partial charge is 0.468 e. The molecule has 2 atom stereocenters. The maximum absolute atomic E-state index is 12.9. The van der Waals surface area contributed by atoms with E-state index in [4.69, 9.17) is 15.5 Å². The molecule has 3 N–H and O–H groups in total. The summed E-state index contributed by atoms with van der Waals surface area (Å²) in [6, 6.07) is 9.80. The lowest BCUT2D eigenvalue weighted by Gasteiger charge is -2.24. The summed E-state index contributed by atoms with van der Waals surface area (Å²) < 4.78 is 32.8. The van der Waals surface area contributed by atoms with E-state index < -0.39 is 22.0 Å². The zero-order valence-corrected chi connectivity index (χ0v) is 19.5. The minimum Gasteiger partial charge on any atom is -0.468 e. The number of sulfonamides is 1. The van der Waals surface area contributed by atoms with Crippen LogP contribution in [0.3, 0.4) is 0 Å². The van der Waals surface area contributed by atoms with Crippen LogP contribution in [0, 0.1) is 6.92 Å². The predicted molar refractivity (Wildman–Crippen MR) is 123 cm³/mol. The fourth-order valence-corrected chi connectivity index (χ4v) is 5.12. The zero-order chi connectivity index (χ0) is 23.0. The molecule has 1 aromatic carbocycles. The van der Waals surface area contributed by atoms with E-state index in [0.29, 0.717) is 30.2 Å². The number of nitrogens with one attached hydrogen (secondary N) is 1. The molecule has 1 saturated carbocycles. The van der Waals surface area contributed by atoms with E-state index in [-0.39, 0.29) is 18.4 Å².